The van der Waals surface area contributed by atoms with E-state index in [0.29, 0.717) is 17.9 Å². The molecule has 0 radical (unpaired) electrons. The molecule has 2 N–H and O–H groups in total. The molecule has 0 heterocycles. The number of hydrogen-bond donors (Lipinski definition) is 2. The first-order valence-corrected chi connectivity index (χ1v) is 6.27. The Morgan fingerprint density at radius 3 is 2.20 bits per heavy atom. The van der Waals surface area contributed by atoms with Crippen LogP contribution in [0.1, 0.15) is 16.7 Å². The van der Waals surface area contributed by atoms with E-state index < -0.39 is 0 Å². The van der Waals surface area contributed by atoms with Gasteiger partial charge in [0.2, 0.25) is 0 Å². The molecule has 2 aromatic carbocycles. The van der Waals surface area contributed by atoms with E-state index in [1.165, 1.54) is 14.2 Å². The molecule has 20 heavy (non-hydrogen) atoms. The maximum Gasteiger partial charge on any atom is 0.160 e. The Bertz CT molecular complexity index is 620. The van der Waals surface area contributed by atoms with Gasteiger partial charge in [-0.2, -0.15) is 0 Å². The molecule has 0 bridgehead atoms. The van der Waals surface area contributed by atoms with Gasteiger partial charge in [0.25, 0.3) is 0 Å². The molecule has 0 aliphatic carbocycles. The average molecular weight is 274 g/mol. The summed E-state index contributed by atoms with van der Waals surface area (Å²) >= 11 is 0. The molecule has 0 unspecified atom stereocenters. The minimum absolute atomic E-state index is 0.116. The Morgan fingerprint density at radius 2 is 1.55 bits per heavy atom. The second kappa shape index (κ2) is 5.74. The van der Waals surface area contributed by atoms with Crippen LogP contribution in [0.15, 0.2) is 30.3 Å². The smallest absolute Gasteiger partial charge is 0.160 e. The van der Waals surface area contributed by atoms with Crippen molar-refractivity contribution in [2.24, 2.45) is 0 Å². The predicted molar refractivity (Wildman–Crippen MR) is 76.9 cm³/mol. The summed E-state index contributed by atoms with van der Waals surface area (Å²) in [7, 11) is 3.04. The summed E-state index contributed by atoms with van der Waals surface area (Å²) in [5, 5.41) is 19.4. The molecule has 0 atom stereocenters. The molecule has 0 aromatic heterocycles. The van der Waals surface area contributed by atoms with Gasteiger partial charge in [-0.15, -0.1) is 0 Å². The molecule has 2 rings (SSSR count). The molecule has 0 saturated heterocycles. The van der Waals surface area contributed by atoms with Crippen molar-refractivity contribution in [3.63, 3.8) is 0 Å². The van der Waals surface area contributed by atoms with Crippen LogP contribution in [-0.4, -0.2) is 24.4 Å². The van der Waals surface area contributed by atoms with Crippen LogP contribution in [0.3, 0.4) is 0 Å². The standard InChI is InChI=1S/C16H18O4/c1-10-6-15(19-2)14(18)9-12(10)7-11-4-5-13(17)16(8-11)20-3/h4-6,8-9,17-18H,7H2,1-3H3. The second-order valence-corrected chi connectivity index (χ2v) is 4.63. The number of methoxy groups -OCH3 is 2. The normalized spacial score (nSPS) is 10.3. The summed E-state index contributed by atoms with van der Waals surface area (Å²) in [5.74, 6) is 1.15. The van der Waals surface area contributed by atoms with E-state index in [4.69, 9.17) is 9.47 Å². The number of ether oxygens (including phenoxy) is 2. The lowest BCUT2D eigenvalue weighted by Crippen LogP contribution is -1.95. The van der Waals surface area contributed by atoms with Crippen LogP contribution in [0.2, 0.25) is 0 Å². The fourth-order valence-electron chi connectivity index (χ4n) is 2.12. The quantitative estimate of drug-likeness (QED) is 0.899. The molecule has 0 aliphatic heterocycles. The van der Waals surface area contributed by atoms with Crippen molar-refractivity contribution in [3.8, 4) is 23.0 Å². The number of aromatic hydroxyl groups is 2. The molecular weight excluding hydrogens is 256 g/mol. The SMILES string of the molecule is COc1cc(Cc2cc(O)c(OC)cc2C)ccc1O. The number of aryl methyl sites for hydroxylation is 1. The third-order valence-corrected chi connectivity index (χ3v) is 3.28. The van der Waals surface area contributed by atoms with Gasteiger partial charge in [-0.25, -0.2) is 0 Å². The van der Waals surface area contributed by atoms with E-state index in [1.54, 1.807) is 18.2 Å². The number of phenols is 2. The zero-order valence-electron chi connectivity index (χ0n) is 11.8. The van der Waals surface area contributed by atoms with Gasteiger partial charge in [-0.1, -0.05) is 6.07 Å². The Balaban J connectivity index is 2.32. The Morgan fingerprint density at radius 1 is 0.900 bits per heavy atom. The van der Waals surface area contributed by atoms with E-state index in [9.17, 15) is 10.2 Å². The van der Waals surface area contributed by atoms with Crippen LogP contribution >= 0.6 is 0 Å². The summed E-state index contributed by atoms with van der Waals surface area (Å²) in [6.07, 6.45) is 0.639. The monoisotopic (exact) mass is 274 g/mol. The van der Waals surface area contributed by atoms with Crippen molar-refractivity contribution in [2.75, 3.05) is 14.2 Å². The van der Waals surface area contributed by atoms with Crippen molar-refractivity contribution >= 4 is 0 Å². The molecule has 0 amide bonds. The zero-order valence-corrected chi connectivity index (χ0v) is 11.8. The minimum atomic E-state index is 0.116. The molecule has 106 valence electrons. The topological polar surface area (TPSA) is 58.9 Å². The molecule has 0 fully saturated rings. The molecule has 0 spiro atoms. The largest absolute Gasteiger partial charge is 0.504 e. The average Bonchev–Trinajstić information content (AvgIpc) is 2.44. The fraction of sp³-hybridized carbons (Fsp3) is 0.250. The molecule has 4 nitrogen and oxygen atoms in total. The lowest BCUT2D eigenvalue weighted by Gasteiger charge is -2.11. The zero-order chi connectivity index (χ0) is 14.7. The molecular formula is C16H18O4. The highest BCUT2D eigenvalue weighted by Crippen LogP contribution is 2.32. The van der Waals surface area contributed by atoms with Crippen molar-refractivity contribution in [3.05, 3.63) is 47.0 Å². The number of benzene rings is 2. The lowest BCUT2D eigenvalue weighted by molar-refractivity contribution is 0.372. The first kappa shape index (κ1) is 14.1. The van der Waals surface area contributed by atoms with Crippen molar-refractivity contribution in [2.45, 2.75) is 13.3 Å². The van der Waals surface area contributed by atoms with E-state index in [1.807, 2.05) is 19.1 Å². The minimum Gasteiger partial charge on any atom is -0.504 e. The van der Waals surface area contributed by atoms with Crippen LogP contribution in [0.5, 0.6) is 23.0 Å². The van der Waals surface area contributed by atoms with E-state index >= 15 is 0 Å². The second-order valence-electron chi connectivity index (χ2n) is 4.63. The molecule has 0 aliphatic rings. The van der Waals surface area contributed by atoms with Gasteiger partial charge >= 0.3 is 0 Å². The summed E-state index contributed by atoms with van der Waals surface area (Å²) in [4.78, 5) is 0. The maximum absolute atomic E-state index is 9.85. The lowest BCUT2D eigenvalue weighted by atomic mass is 9.99. The maximum atomic E-state index is 9.85. The highest BCUT2D eigenvalue weighted by atomic mass is 16.5. The fourth-order valence-corrected chi connectivity index (χ4v) is 2.12. The number of phenolic OH excluding ortho intramolecular Hbond substituents is 2. The number of hydrogen-bond acceptors (Lipinski definition) is 4. The van der Waals surface area contributed by atoms with E-state index in [0.717, 1.165) is 16.7 Å². The summed E-state index contributed by atoms with van der Waals surface area (Å²) in [5.41, 5.74) is 3.02. The highest BCUT2D eigenvalue weighted by molar-refractivity contribution is 5.49. The third-order valence-electron chi connectivity index (χ3n) is 3.28. The Labute approximate surface area is 118 Å². The van der Waals surface area contributed by atoms with Gasteiger partial charge < -0.3 is 19.7 Å². The highest BCUT2D eigenvalue weighted by Gasteiger charge is 2.09. The Kier molecular flexibility index (Phi) is 4.03. The van der Waals surface area contributed by atoms with Crippen molar-refractivity contribution in [1.82, 2.24) is 0 Å². The van der Waals surface area contributed by atoms with Crippen LogP contribution in [0, 0.1) is 6.92 Å². The van der Waals surface area contributed by atoms with Gasteiger partial charge in [0.15, 0.2) is 23.0 Å². The van der Waals surface area contributed by atoms with Gasteiger partial charge in [0.05, 0.1) is 14.2 Å². The van der Waals surface area contributed by atoms with Gasteiger partial charge in [0.1, 0.15) is 0 Å². The van der Waals surface area contributed by atoms with Gasteiger partial charge in [-0.3, -0.25) is 0 Å². The van der Waals surface area contributed by atoms with Crippen molar-refractivity contribution in [1.29, 1.82) is 0 Å². The predicted octanol–water partition coefficient (Wildman–Crippen LogP) is 3.01. The molecule has 2 aromatic rings. The molecule has 0 saturated carbocycles. The summed E-state index contributed by atoms with van der Waals surface area (Å²) in [6.45, 7) is 1.97. The van der Waals surface area contributed by atoms with Gasteiger partial charge in [0, 0.05) is 0 Å². The van der Waals surface area contributed by atoms with Gasteiger partial charge in [-0.05, 0) is 54.3 Å². The van der Waals surface area contributed by atoms with Crippen molar-refractivity contribution < 1.29 is 19.7 Å². The number of rotatable bonds is 4. The van der Waals surface area contributed by atoms with E-state index in [-0.39, 0.29) is 11.5 Å². The van der Waals surface area contributed by atoms with Crippen LogP contribution in [-0.2, 0) is 6.42 Å². The summed E-state index contributed by atoms with van der Waals surface area (Å²) in [6, 6.07) is 8.73. The third kappa shape index (κ3) is 2.79. The molecule has 4 heteroatoms. The van der Waals surface area contributed by atoms with Crippen LogP contribution in [0.4, 0.5) is 0 Å². The first-order valence-electron chi connectivity index (χ1n) is 6.27. The van der Waals surface area contributed by atoms with Crippen LogP contribution in [0.25, 0.3) is 0 Å². The Hall–Kier alpha value is -2.36. The summed E-state index contributed by atoms with van der Waals surface area (Å²) < 4.78 is 10.2. The van der Waals surface area contributed by atoms with E-state index in [2.05, 4.69) is 0 Å². The van der Waals surface area contributed by atoms with Crippen LogP contribution < -0.4 is 9.47 Å². The first-order chi connectivity index (χ1) is 9.55.